The van der Waals surface area contributed by atoms with Gasteiger partial charge in [0.05, 0.1) is 0 Å². The van der Waals surface area contributed by atoms with Gasteiger partial charge < -0.3 is 10.4 Å². The third kappa shape index (κ3) is 4.64. The number of amides is 1. The van der Waals surface area contributed by atoms with Crippen LogP contribution in [0.2, 0.25) is 0 Å². The van der Waals surface area contributed by atoms with Gasteiger partial charge in [-0.25, -0.2) is 9.18 Å². The molecule has 0 aliphatic carbocycles. The molecule has 0 spiro atoms. The fourth-order valence-electron chi connectivity index (χ4n) is 1.69. The van der Waals surface area contributed by atoms with E-state index in [0.717, 1.165) is 5.56 Å². The predicted octanol–water partition coefficient (Wildman–Crippen LogP) is 2.37. The van der Waals surface area contributed by atoms with E-state index in [1.807, 2.05) is 0 Å². The summed E-state index contributed by atoms with van der Waals surface area (Å²) < 4.78 is 13.0. The Morgan fingerprint density at radius 3 is 2.60 bits per heavy atom. The van der Waals surface area contributed by atoms with E-state index in [9.17, 15) is 14.0 Å². The molecule has 4 nitrogen and oxygen atoms in total. The van der Waals surface area contributed by atoms with Crippen LogP contribution < -0.4 is 5.32 Å². The van der Waals surface area contributed by atoms with Gasteiger partial charge in [-0.3, -0.25) is 4.79 Å². The number of halogens is 1. The van der Waals surface area contributed by atoms with Crippen molar-refractivity contribution in [2.24, 2.45) is 5.92 Å². The summed E-state index contributed by atoms with van der Waals surface area (Å²) >= 11 is 0. The van der Waals surface area contributed by atoms with Crippen molar-refractivity contribution < 1.29 is 19.1 Å². The third-order valence-electron chi connectivity index (χ3n) is 3.17. The van der Waals surface area contributed by atoms with E-state index in [0.29, 0.717) is 12.8 Å². The molecule has 1 rings (SSSR count). The van der Waals surface area contributed by atoms with Crippen LogP contribution in [0.5, 0.6) is 0 Å². The third-order valence-corrected chi connectivity index (χ3v) is 3.17. The first kappa shape index (κ1) is 16.1. The second kappa shape index (κ2) is 6.50. The molecule has 0 aromatic heterocycles. The first-order chi connectivity index (χ1) is 9.22. The maximum atomic E-state index is 13.0. The maximum absolute atomic E-state index is 13.0. The van der Waals surface area contributed by atoms with E-state index in [1.165, 1.54) is 26.0 Å². The second-order valence-corrected chi connectivity index (χ2v) is 5.49. The van der Waals surface area contributed by atoms with Crippen molar-refractivity contribution in [1.82, 2.24) is 5.32 Å². The Bertz CT molecular complexity index is 500. The molecule has 0 fully saturated rings. The molecule has 20 heavy (non-hydrogen) atoms. The van der Waals surface area contributed by atoms with E-state index in [1.54, 1.807) is 19.1 Å². The number of aryl methyl sites for hydroxylation is 1. The molecule has 0 saturated heterocycles. The van der Waals surface area contributed by atoms with Crippen molar-refractivity contribution in [3.8, 4) is 0 Å². The lowest BCUT2D eigenvalue weighted by Crippen LogP contribution is -2.51. The standard InChI is InChI=1S/C15H20FNO3/c1-10(13(18)17-15(2,3)14(19)20)7-8-11-5-4-6-12(16)9-11/h4-6,9-10H,7-8H2,1-3H3,(H,17,18)(H,19,20). The van der Waals surface area contributed by atoms with Crippen LogP contribution in [0.4, 0.5) is 4.39 Å². The number of rotatable bonds is 6. The van der Waals surface area contributed by atoms with Crippen LogP contribution in [-0.2, 0) is 16.0 Å². The van der Waals surface area contributed by atoms with Gasteiger partial charge in [0.25, 0.3) is 0 Å². The normalized spacial score (nSPS) is 12.8. The average Bonchev–Trinajstić information content (AvgIpc) is 2.35. The fourth-order valence-corrected chi connectivity index (χ4v) is 1.69. The van der Waals surface area contributed by atoms with Gasteiger partial charge in [0.15, 0.2) is 0 Å². The highest BCUT2D eigenvalue weighted by atomic mass is 19.1. The monoisotopic (exact) mass is 281 g/mol. The molecule has 1 atom stereocenters. The van der Waals surface area contributed by atoms with E-state index in [4.69, 9.17) is 5.11 Å². The van der Waals surface area contributed by atoms with E-state index in [2.05, 4.69) is 5.32 Å². The van der Waals surface area contributed by atoms with E-state index >= 15 is 0 Å². The van der Waals surface area contributed by atoms with Gasteiger partial charge in [-0.1, -0.05) is 19.1 Å². The van der Waals surface area contributed by atoms with Crippen molar-refractivity contribution in [2.45, 2.75) is 39.2 Å². The number of benzene rings is 1. The summed E-state index contributed by atoms with van der Waals surface area (Å²) in [7, 11) is 0. The number of hydrogen-bond acceptors (Lipinski definition) is 2. The van der Waals surface area contributed by atoms with Gasteiger partial charge >= 0.3 is 5.97 Å². The number of carboxylic acid groups (broad SMARTS) is 1. The molecule has 0 aliphatic rings. The lowest BCUT2D eigenvalue weighted by molar-refractivity contribution is -0.146. The molecule has 1 aromatic rings. The maximum Gasteiger partial charge on any atom is 0.328 e. The molecule has 0 saturated carbocycles. The van der Waals surface area contributed by atoms with Crippen LogP contribution in [0.1, 0.15) is 32.8 Å². The summed E-state index contributed by atoms with van der Waals surface area (Å²) in [5.74, 6) is -2.03. The van der Waals surface area contributed by atoms with Crippen molar-refractivity contribution in [2.75, 3.05) is 0 Å². The molecule has 0 radical (unpaired) electrons. The van der Waals surface area contributed by atoms with Crippen LogP contribution in [0.25, 0.3) is 0 Å². The highest BCUT2D eigenvalue weighted by Crippen LogP contribution is 2.13. The molecule has 110 valence electrons. The minimum Gasteiger partial charge on any atom is -0.480 e. The van der Waals surface area contributed by atoms with Gasteiger partial charge in [-0.2, -0.15) is 0 Å². The minimum atomic E-state index is -1.29. The summed E-state index contributed by atoms with van der Waals surface area (Å²) in [6, 6.07) is 6.23. The Hall–Kier alpha value is -1.91. The number of aliphatic carboxylic acids is 1. The number of nitrogens with one attached hydrogen (secondary N) is 1. The van der Waals surface area contributed by atoms with Gasteiger partial charge in [0.1, 0.15) is 11.4 Å². The highest BCUT2D eigenvalue weighted by Gasteiger charge is 2.30. The Kier molecular flexibility index (Phi) is 5.25. The van der Waals surface area contributed by atoms with Gasteiger partial charge in [-0.05, 0) is 44.4 Å². The molecule has 0 heterocycles. The number of carbonyl (C=O) groups is 2. The quantitative estimate of drug-likeness (QED) is 0.841. The van der Waals surface area contributed by atoms with Gasteiger partial charge in [0, 0.05) is 5.92 Å². The largest absolute Gasteiger partial charge is 0.480 e. The molecular formula is C15H20FNO3. The Morgan fingerprint density at radius 1 is 1.40 bits per heavy atom. The van der Waals surface area contributed by atoms with E-state index < -0.39 is 11.5 Å². The summed E-state index contributed by atoms with van der Waals surface area (Å²) in [5.41, 5.74) is -0.466. The lowest BCUT2D eigenvalue weighted by Gasteiger charge is -2.23. The smallest absolute Gasteiger partial charge is 0.328 e. The Balaban J connectivity index is 2.52. The summed E-state index contributed by atoms with van der Waals surface area (Å²) in [5, 5.41) is 11.4. The van der Waals surface area contributed by atoms with Crippen molar-refractivity contribution in [3.05, 3.63) is 35.6 Å². The topological polar surface area (TPSA) is 66.4 Å². The minimum absolute atomic E-state index is 0.299. The van der Waals surface area contributed by atoms with Crippen molar-refractivity contribution >= 4 is 11.9 Å². The zero-order chi connectivity index (χ0) is 15.3. The molecule has 1 aromatic carbocycles. The SMILES string of the molecule is CC(CCc1cccc(F)c1)C(=O)NC(C)(C)C(=O)O. The molecule has 5 heteroatoms. The molecule has 0 aliphatic heterocycles. The van der Waals surface area contributed by atoms with E-state index in [-0.39, 0.29) is 17.6 Å². The molecule has 0 bridgehead atoms. The van der Waals surface area contributed by atoms with Crippen LogP contribution in [0.3, 0.4) is 0 Å². The zero-order valence-corrected chi connectivity index (χ0v) is 11.9. The fraction of sp³-hybridized carbons (Fsp3) is 0.467. The summed E-state index contributed by atoms with van der Waals surface area (Å²) in [6.07, 6.45) is 1.10. The van der Waals surface area contributed by atoms with Crippen LogP contribution in [-0.4, -0.2) is 22.5 Å². The molecule has 2 N–H and O–H groups in total. The Morgan fingerprint density at radius 2 is 2.05 bits per heavy atom. The van der Waals surface area contributed by atoms with Crippen LogP contribution in [0.15, 0.2) is 24.3 Å². The van der Waals surface area contributed by atoms with Gasteiger partial charge in [-0.15, -0.1) is 0 Å². The number of hydrogen-bond donors (Lipinski definition) is 2. The Labute approximate surface area is 118 Å². The van der Waals surface area contributed by atoms with Crippen LogP contribution >= 0.6 is 0 Å². The lowest BCUT2D eigenvalue weighted by atomic mass is 9.98. The van der Waals surface area contributed by atoms with Crippen LogP contribution in [0, 0.1) is 11.7 Å². The summed E-state index contributed by atoms with van der Waals surface area (Å²) in [4.78, 5) is 22.8. The molecule has 1 amide bonds. The predicted molar refractivity (Wildman–Crippen MR) is 73.7 cm³/mol. The van der Waals surface area contributed by atoms with Crippen molar-refractivity contribution in [3.63, 3.8) is 0 Å². The molecular weight excluding hydrogens is 261 g/mol. The van der Waals surface area contributed by atoms with Gasteiger partial charge in [0.2, 0.25) is 5.91 Å². The number of carboxylic acids is 1. The number of carbonyl (C=O) groups excluding carboxylic acids is 1. The average molecular weight is 281 g/mol. The highest BCUT2D eigenvalue weighted by molar-refractivity contribution is 5.87. The first-order valence-corrected chi connectivity index (χ1v) is 6.52. The first-order valence-electron chi connectivity index (χ1n) is 6.52. The van der Waals surface area contributed by atoms with Crippen molar-refractivity contribution in [1.29, 1.82) is 0 Å². The second-order valence-electron chi connectivity index (χ2n) is 5.49. The zero-order valence-electron chi connectivity index (χ0n) is 11.9. The summed E-state index contributed by atoms with van der Waals surface area (Å²) in [6.45, 7) is 4.60. The molecule has 1 unspecified atom stereocenters.